The Bertz CT molecular complexity index is 627. The van der Waals surface area contributed by atoms with Crippen molar-refractivity contribution in [1.82, 2.24) is 0 Å². The molecule has 10 nitrogen and oxygen atoms in total. The predicted molar refractivity (Wildman–Crippen MR) is 85.1 cm³/mol. The van der Waals surface area contributed by atoms with Gasteiger partial charge in [-0.2, -0.15) is 0 Å². The first-order chi connectivity index (χ1) is 12.7. The molecular formula is C17H26O10. The van der Waals surface area contributed by atoms with E-state index in [0.717, 1.165) is 0 Å². The first-order valence-corrected chi connectivity index (χ1v) is 9.04. The summed E-state index contributed by atoms with van der Waals surface area (Å²) in [7, 11) is 1.41. The van der Waals surface area contributed by atoms with E-state index in [-0.39, 0.29) is 18.6 Å². The molecule has 10 atom stereocenters. The maximum atomic E-state index is 12.5. The number of fused-ring (bicyclic) bond motifs is 1. The number of rotatable bonds is 5. The monoisotopic (exact) mass is 390 g/mol. The number of carbonyl (C=O) groups excluding carboxylic acids is 1. The Morgan fingerprint density at radius 2 is 1.89 bits per heavy atom. The van der Waals surface area contributed by atoms with Gasteiger partial charge in [-0.3, -0.25) is 4.79 Å². The lowest BCUT2D eigenvalue weighted by atomic mass is 9.41. The first kappa shape index (κ1) is 19.6. The lowest BCUT2D eigenvalue weighted by Crippen LogP contribution is -2.80. The number of hydrogen-bond acceptors (Lipinski definition) is 10. The molecule has 10 heteroatoms. The van der Waals surface area contributed by atoms with Crippen LogP contribution in [-0.4, -0.2) is 99.8 Å². The average Bonchev–Trinajstić information content (AvgIpc) is 2.71. The maximum Gasteiger partial charge on any atom is 0.187 e. The van der Waals surface area contributed by atoms with Gasteiger partial charge in [0.25, 0.3) is 0 Å². The fraction of sp³-hybridized carbons (Fsp3) is 0.941. The minimum absolute atomic E-state index is 0.0506. The van der Waals surface area contributed by atoms with Crippen LogP contribution in [0.3, 0.4) is 0 Å². The molecule has 2 saturated heterocycles. The molecule has 27 heavy (non-hydrogen) atoms. The van der Waals surface area contributed by atoms with E-state index in [9.17, 15) is 30.3 Å². The highest BCUT2D eigenvalue weighted by Crippen LogP contribution is 2.74. The molecule has 0 aromatic heterocycles. The number of Topliss-reactive ketones (excluding diaryl/α,β-unsaturated/α-hetero) is 1. The van der Waals surface area contributed by atoms with Crippen molar-refractivity contribution >= 4 is 5.78 Å². The van der Waals surface area contributed by atoms with Crippen LogP contribution in [0.2, 0.25) is 0 Å². The summed E-state index contributed by atoms with van der Waals surface area (Å²) in [4.78, 5) is 12.5. The fourth-order valence-corrected chi connectivity index (χ4v) is 5.57. The SMILES string of the molecule is CO[C@@H]1O[C@@]2(C)CC(=O)[C@@H]3C[C@@]2(O[C@@H]2O[C@H](CO)[C@@H](O)[C@H](O)[C@H]2O)[C@]13CO. The number of aliphatic hydroxyl groups excluding tert-OH is 5. The van der Waals surface area contributed by atoms with Gasteiger partial charge >= 0.3 is 0 Å². The molecular weight excluding hydrogens is 364 g/mol. The molecule has 0 unspecified atom stereocenters. The Hall–Kier alpha value is -0.690. The molecule has 0 spiro atoms. The van der Waals surface area contributed by atoms with Crippen molar-refractivity contribution in [3.05, 3.63) is 0 Å². The van der Waals surface area contributed by atoms with Gasteiger partial charge in [-0.05, 0) is 13.3 Å². The van der Waals surface area contributed by atoms with Crippen molar-refractivity contribution in [2.24, 2.45) is 11.3 Å². The number of ether oxygens (including phenoxy) is 4. The largest absolute Gasteiger partial charge is 0.395 e. The van der Waals surface area contributed by atoms with E-state index >= 15 is 0 Å². The van der Waals surface area contributed by atoms with Crippen molar-refractivity contribution in [2.45, 2.75) is 68.0 Å². The fourth-order valence-electron chi connectivity index (χ4n) is 5.57. The predicted octanol–water partition coefficient (Wildman–Crippen LogP) is -2.73. The van der Waals surface area contributed by atoms with Crippen LogP contribution >= 0.6 is 0 Å². The zero-order chi connectivity index (χ0) is 19.8. The van der Waals surface area contributed by atoms with Gasteiger partial charge in [0.2, 0.25) is 0 Å². The summed E-state index contributed by atoms with van der Waals surface area (Å²) in [5.41, 5.74) is -3.48. The van der Waals surface area contributed by atoms with Crippen LogP contribution in [0.25, 0.3) is 0 Å². The topological polar surface area (TPSA) is 155 Å². The summed E-state index contributed by atoms with van der Waals surface area (Å²) in [6.45, 7) is 0.668. The Morgan fingerprint density at radius 3 is 2.48 bits per heavy atom. The highest BCUT2D eigenvalue weighted by Gasteiger charge is 2.87. The molecule has 5 aliphatic rings. The molecule has 154 valence electrons. The van der Waals surface area contributed by atoms with Crippen LogP contribution in [0.1, 0.15) is 19.8 Å². The van der Waals surface area contributed by atoms with Crippen molar-refractivity contribution in [3.8, 4) is 0 Å². The summed E-state index contributed by atoms with van der Waals surface area (Å²) in [6.07, 6.45) is -7.79. The van der Waals surface area contributed by atoms with Gasteiger partial charge in [-0.25, -0.2) is 0 Å². The van der Waals surface area contributed by atoms with Crippen molar-refractivity contribution < 1.29 is 49.3 Å². The average molecular weight is 390 g/mol. The number of hydrogen-bond donors (Lipinski definition) is 5. The van der Waals surface area contributed by atoms with E-state index in [0.29, 0.717) is 0 Å². The minimum Gasteiger partial charge on any atom is -0.395 e. The quantitative estimate of drug-likeness (QED) is 0.334. The summed E-state index contributed by atoms with van der Waals surface area (Å²) < 4.78 is 23.0. The van der Waals surface area contributed by atoms with E-state index in [1.54, 1.807) is 6.92 Å². The van der Waals surface area contributed by atoms with Crippen molar-refractivity contribution in [3.63, 3.8) is 0 Å². The van der Waals surface area contributed by atoms with Crippen LogP contribution in [0.4, 0.5) is 0 Å². The van der Waals surface area contributed by atoms with E-state index in [1.165, 1.54) is 7.11 Å². The molecule has 0 aromatic carbocycles. The van der Waals surface area contributed by atoms with E-state index in [1.807, 2.05) is 0 Å². The Morgan fingerprint density at radius 1 is 1.19 bits per heavy atom. The zero-order valence-electron chi connectivity index (χ0n) is 15.1. The third-order valence-corrected chi connectivity index (χ3v) is 7.05. The third-order valence-electron chi connectivity index (χ3n) is 7.05. The summed E-state index contributed by atoms with van der Waals surface area (Å²) >= 11 is 0. The van der Waals surface area contributed by atoms with E-state index < -0.39 is 72.7 Å². The van der Waals surface area contributed by atoms with Crippen LogP contribution in [-0.2, 0) is 23.7 Å². The van der Waals surface area contributed by atoms with Gasteiger partial charge in [0.05, 0.1) is 18.6 Å². The molecule has 0 amide bonds. The molecule has 0 radical (unpaired) electrons. The molecule has 2 heterocycles. The molecule has 5 N–H and O–H groups in total. The lowest BCUT2D eigenvalue weighted by molar-refractivity contribution is -0.382. The summed E-state index contributed by atoms with van der Waals surface area (Å²) in [6, 6.07) is 0. The van der Waals surface area contributed by atoms with Crippen LogP contribution in [0, 0.1) is 11.3 Å². The summed E-state index contributed by atoms with van der Waals surface area (Å²) in [5, 5.41) is 50.0. The molecule has 4 bridgehead atoms. The Kier molecular flexibility index (Phi) is 4.47. The van der Waals surface area contributed by atoms with Gasteiger partial charge < -0.3 is 44.5 Å². The maximum absolute atomic E-state index is 12.5. The van der Waals surface area contributed by atoms with Gasteiger partial charge in [0.15, 0.2) is 12.6 Å². The van der Waals surface area contributed by atoms with E-state index in [2.05, 4.69) is 0 Å². The highest BCUT2D eigenvalue weighted by molar-refractivity contribution is 5.88. The second kappa shape index (κ2) is 6.15. The third kappa shape index (κ3) is 2.13. The number of carbonyl (C=O) groups is 1. The molecule has 2 aliphatic heterocycles. The second-order valence-corrected chi connectivity index (χ2v) is 8.16. The number of aliphatic hydroxyl groups is 5. The molecule has 5 rings (SSSR count). The van der Waals surface area contributed by atoms with Gasteiger partial charge in [-0.15, -0.1) is 0 Å². The normalized spacial score (nSPS) is 56.9. The molecule has 0 aromatic rings. The van der Waals surface area contributed by atoms with Gasteiger partial charge in [0, 0.05) is 19.4 Å². The summed E-state index contributed by atoms with van der Waals surface area (Å²) in [5.74, 6) is -0.571. The van der Waals surface area contributed by atoms with Gasteiger partial charge in [0.1, 0.15) is 41.4 Å². The minimum atomic E-state index is -1.59. The number of ketones is 1. The highest BCUT2D eigenvalue weighted by atomic mass is 16.8. The smallest absolute Gasteiger partial charge is 0.187 e. The first-order valence-electron chi connectivity index (χ1n) is 9.04. The molecule has 3 aliphatic carbocycles. The van der Waals surface area contributed by atoms with Crippen molar-refractivity contribution in [1.29, 1.82) is 0 Å². The lowest BCUT2D eigenvalue weighted by Gasteiger charge is -2.66. The Labute approximate surface area is 155 Å². The van der Waals surface area contributed by atoms with Crippen LogP contribution in [0.15, 0.2) is 0 Å². The Balaban J connectivity index is 1.70. The standard InChI is InChI=1S/C17H26O10/c1-15-4-8(20)7-3-17(15,16(7,6-19)14(24-2)27-15)26-13-12(23)11(22)10(21)9(5-18)25-13/h7,9-14,18-19,21-23H,3-6H2,1-2H3/t7-,9+,10+,11-,12+,13-,14+,15-,16-,17-/m0/s1. The van der Waals surface area contributed by atoms with Crippen LogP contribution < -0.4 is 0 Å². The van der Waals surface area contributed by atoms with Crippen molar-refractivity contribution in [2.75, 3.05) is 20.3 Å². The van der Waals surface area contributed by atoms with Gasteiger partial charge in [-0.1, -0.05) is 0 Å². The number of methoxy groups -OCH3 is 1. The molecule has 3 saturated carbocycles. The molecule has 5 fully saturated rings. The zero-order valence-corrected chi connectivity index (χ0v) is 15.1. The van der Waals surface area contributed by atoms with Crippen LogP contribution in [0.5, 0.6) is 0 Å². The van der Waals surface area contributed by atoms with E-state index in [4.69, 9.17) is 18.9 Å². The second-order valence-electron chi connectivity index (χ2n) is 8.16.